The maximum atomic E-state index is 13.6. The van der Waals surface area contributed by atoms with Gasteiger partial charge in [0.1, 0.15) is 41.4 Å². The second kappa shape index (κ2) is 18.1. The Kier molecular flexibility index (Phi) is 13.4. The Hall–Kier alpha value is -2.92. The number of benzene rings is 3. The van der Waals surface area contributed by atoms with Crippen LogP contribution in [-0.4, -0.2) is 111 Å². The van der Waals surface area contributed by atoms with E-state index in [1.807, 2.05) is 30.3 Å². The standard InChI is InChI=1S/C43H54O12S2/c1-25-17-29-18-30(40(50)51)19-32(35(29)37(47)34(25)31(46)12-11-26-7-3-2-4-8-26)54-41-38(48)39(49)43(33(20-45)55-41)15-13-27-9-5-10-28-21-52-22-42(36(27)28,14-6-16-44)23-56-57-24-53-43/h2-4,7-8,17-19,27-28,33,36,38-39,41,44-45,47-49H,5-6,9-16,20-24H2,1H3,(H,50,51)/t27-,28-,33+,36-,38+,39+,41+,42+,43+/m0/s1. The van der Waals surface area contributed by atoms with Gasteiger partial charge in [-0.25, -0.2) is 4.79 Å². The number of aliphatic hydroxyl groups is 4. The zero-order valence-corrected chi connectivity index (χ0v) is 33.8. The zero-order chi connectivity index (χ0) is 40.3. The zero-order valence-electron chi connectivity index (χ0n) is 32.2. The summed E-state index contributed by atoms with van der Waals surface area (Å²) in [4.78, 5) is 25.9. The number of aromatic carboxylic acids is 1. The number of aliphatic hydroxyl groups excluding tert-OH is 4. The van der Waals surface area contributed by atoms with Crippen molar-refractivity contribution in [1.29, 1.82) is 0 Å². The van der Waals surface area contributed by atoms with Crippen LogP contribution in [0.1, 0.15) is 83.2 Å². The lowest BCUT2D eigenvalue weighted by molar-refractivity contribution is -0.323. The van der Waals surface area contributed by atoms with E-state index in [2.05, 4.69) is 0 Å². The van der Waals surface area contributed by atoms with Crippen molar-refractivity contribution in [2.24, 2.45) is 23.2 Å². The van der Waals surface area contributed by atoms with Gasteiger partial charge < -0.3 is 49.6 Å². The molecule has 57 heavy (non-hydrogen) atoms. The van der Waals surface area contributed by atoms with Gasteiger partial charge >= 0.3 is 5.97 Å². The van der Waals surface area contributed by atoms with Gasteiger partial charge in [-0.15, -0.1) is 0 Å². The first-order chi connectivity index (χ1) is 27.5. The van der Waals surface area contributed by atoms with Gasteiger partial charge in [-0.3, -0.25) is 4.79 Å². The average Bonchev–Trinajstić information content (AvgIpc) is 3.24. The Bertz CT molecular complexity index is 1890. The first kappa shape index (κ1) is 42.2. The average molecular weight is 827 g/mol. The number of phenolic OH excluding ortho intramolecular Hbond substituents is 1. The van der Waals surface area contributed by atoms with E-state index < -0.39 is 48.5 Å². The van der Waals surface area contributed by atoms with Crippen molar-refractivity contribution in [3.8, 4) is 11.5 Å². The third-order valence-corrected chi connectivity index (χ3v) is 15.1. The number of hydrogen-bond donors (Lipinski definition) is 6. The topological polar surface area (TPSA) is 192 Å². The number of aryl methyl sites for hydroxylation is 2. The molecule has 4 aliphatic rings. The second-order valence-electron chi connectivity index (χ2n) is 16.2. The highest BCUT2D eigenvalue weighted by atomic mass is 33.1. The molecule has 3 aliphatic heterocycles. The van der Waals surface area contributed by atoms with E-state index in [1.54, 1.807) is 23.8 Å². The van der Waals surface area contributed by atoms with Crippen LogP contribution < -0.4 is 4.74 Å². The number of phenols is 1. The van der Waals surface area contributed by atoms with Crippen molar-refractivity contribution in [3.63, 3.8) is 0 Å². The van der Waals surface area contributed by atoms with Crippen LogP contribution in [0.3, 0.4) is 0 Å². The maximum Gasteiger partial charge on any atom is 0.335 e. The highest BCUT2D eigenvalue weighted by molar-refractivity contribution is 8.76. The fourth-order valence-electron chi connectivity index (χ4n) is 10.2. The molecule has 3 aromatic rings. The molecular weight excluding hydrogens is 773 g/mol. The van der Waals surface area contributed by atoms with Gasteiger partial charge in [0.05, 0.1) is 29.7 Å². The summed E-state index contributed by atoms with van der Waals surface area (Å²) in [5, 5.41) is 66.7. The lowest BCUT2D eigenvalue weighted by Gasteiger charge is -2.54. The molecule has 9 atom stereocenters. The molecule has 4 fully saturated rings. The van der Waals surface area contributed by atoms with E-state index in [0.29, 0.717) is 49.9 Å². The molecular formula is C43H54O12S2. The number of fused-ring (bicyclic) bond motifs is 1. The molecule has 0 amide bonds. The quantitative estimate of drug-likeness (QED) is 0.0990. The van der Waals surface area contributed by atoms with E-state index in [4.69, 9.17) is 18.9 Å². The summed E-state index contributed by atoms with van der Waals surface area (Å²) >= 11 is 0. The molecule has 7 rings (SSSR count). The van der Waals surface area contributed by atoms with Crippen LogP contribution in [0.2, 0.25) is 0 Å². The summed E-state index contributed by atoms with van der Waals surface area (Å²) < 4.78 is 25.3. The monoisotopic (exact) mass is 826 g/mol. The number of ketones is 1. The molecule has 1 saturated carbocycles. The molecule has 3 aromatic carbocycles. The third kappa shape index (κ3) is 8.44. The van der Waals surface area contributed by atoms with Gasteiger partial charge in [-0.2, -0.15) is 0 Å². The van der Waals surface area contributed by atoms with E-state index in [-0.39, 0.29) is 70.2 Å². The number of ether oxygens (including phenoxy) is 4. The maximum absolute atomic E-state index is 13.6. The molecule has 12 nitrogen and oxygen atoms in total. The van der Waals surface area contributed by atoms with E-state index in [0.717, 1.165) is 37.0 Å². The predicted molar refractivity (Wildman–Crippen MR) is 217 cm³/mol. The van der Waals surface area contributed by atoms with E-state index in [1.165, 1.54) is 22.9 Å². The number of carboxylic acids is 1. The largest absolute Gasteiger partial charge is 0.506 e. The molecule has 3 saturated heterocycles. The first-order valence-corrected chi connectivity index (χ1v) is 22.5. The molecule has 0 radical (unpaired) electrons. The minimum atomic E-state index is -1.72. The number of carbonyl (C=O) groups excluding carboxylic acids is 1. The summed E-state index contributed by atoms with van der Waals surface area (Å²) in [6.07, 6.45) is 0.0392. The van der Waals surface area contributed by atoms with Crippen molar-refractivity contribution < 1.29 is 59.2 Å². The molecule has 14 heteroatoms. The molecule has 310 valence electrons. The minimum absolute atomic E-state index is 0.0485. The number of rotatable bonds is 11. The van der Waals surface area contributed by atoms with Gasteiger partial charge in [0.15, 0.2) is 5.78 Å². The van der Waals surface area contributed by atoms with Crippen LogP contribution in [0.5, 0.6) is 11.5 Å². The Morgan fingerprint density at radius 2 is 1.81 bits per heavy atom. The lowest BCUT2D eigenvalue weighted by Crippen LogP contribution is -2.69. The van der Waals surface area contributed by atoms with Crippen LogP contribution in [0.25, 0.3) is 10.8 Å². The lowest BCUT2D eigenvalue weighted by atomic mass is 9.56. The summed E-state index contributed by atoms with van der Waals surface area (Å²) in [5.41, 5.74) is -0.321. The van der Waals surface area contributed by atoms with E-state index in [9.17, 15) is 40.2 Å². The number of carbonyl (C=O) groups is 2. The van der Waals surface area contributed by atoms with Crippen molar-refractivity contribution in [1.82, 2.24) is 0 Å². The van der Waals surface area contributed by atoms with Gasteiger partial charge in [-0.05, 0) is 91.8 Å². The van der Waals surface area contributed by atoms with Gasteiger partial charge in [0.2, 0.25) is 6.29 Å². The highest BCUT2D eigenvalue weighted by Crippen LogP contribution is 2.56. The Labute approximate surface area is 340 Å². The minimum Gasteiger partial charge on any atom is -0.506 e. The Balaban J connectivity index is 1.18. The SMILES string of the molecule is Cc1cc2cc(C(=O)O)cc(O[C@@H]3O[C@H](CO)[C@]4(CC[C@@H]5CCC[C@H]6COC[C@](CCCO)(CSSCO4)[C@@H]56)[C@H](O)[C@H]3O)c2c(O)c1C(=O)CCc1ccccc1. The van der Waals surface area contributed by atoms with Crippen molar-refractivity contribution in [2.45, 2.75) is 94.9 Å². The van der Waals surface area contributed by atoms with Crippen LogP contribution in [-0.2, 0) is 20.6 Å². The molecule has 6 N–H and O–H groups in total. The summed E-state index contributed by atoms with van der Waals surface area (Å²) in [7, 11) is 3.15. The fraction of sp³-hybridized carbons (Fsp3) is 0.581. The normalized spacial score (nSPS) is 32.0. The fourth-order valence-corrected chi connectivity index (χ4v) is 12.6. The summed E-state index contributed by atoms with van der Waals surface area (Å²) in [5.74, 6) is -0.225. The first-order valence-electron chi connectivity index (χ1n) is 20.0. The van der Waals surface area contributed by atoms with Gasteiger partial charge in [0.25, 0.3) is 0 Å². The third-order valence-electron chi connectivity index (χ3n) is 12.9. The van der Waals surface area contributed by atoms with Gasteiger partial charge in [0, 0.05) is 30.8 Å². The Morgan fingerprint density at radius 1 is 1.02 bits per heavy atom. The summed E-state index contributed by atoms with van der Waals surface area (Å²) in [6, 6.07) is 13.7. The smallest absolute Gasteiger partial charge is 0.335 e. The van der Waals surface area contributed by atoms with Crippen LogP contribution in [0.4, 0.5) is 0 Å². The van der Waals surface area contributed by atoms with Crippen molar-refractivity contribution >= 4 is 44.1 Å². The van der Waals surface area contributed by atoms with Crippen molar-refractivity contribution in [2.75, 3.05) is 38.1 Å². The van der Waals surface area contributed by atoms with Crippen molar-refractivity contribution in [3.05, 3.63) is 70.8 Å². The van der Waals surface area contributed by atoms with E-state index >= 15 is 0 Å². The molecule has 1 aliphatic carbocycles. The number of hydrogen-bond acceptors (Lipinski definition) is 13. The molecule has 1 spiro atoms. The van der Waals surface area contributed by atoms with Crippen LogP contribution in [0.15, 0.2) is 48.5 Å². The molecule has 0 unspecified atom stereocenters. The van der Waals surface area contributed by atoms with Gasteiger partial charge in [-0.1, -0.05) is 70.8 Å². The number of aromatic hydroxyl groups is 1. The number of carboxylic acid groups (broad SMARTS) is 1. The highest BCUT2D eigenvalue weighted by Gasteiger charge is 2.59. The second-order valence-corrected chi connectivity index (χ2v) is 18.7. The Morgan fingerprint density at radius 3 is 2.56 bits per heavy atom. The number of Topliss-reactive ketones (excluding diaryl/α,β-unsaturated/α-hetero) is 1. The van der Waals surface area contributed by atoms with Crippen LogP contribution >= 0.6 is 21.6 Å². The molecule has 3 heterocycles. The summed E-state index contributed by atoms with van der Waals surface area (Å²) in [6.45, 7) is 2.53. The predicted octanol–water partition coefficient (Wildman–Crippen LogP) is 5.90. The molecule has 0 aromatic heterocycles. The molecule has 0 bridgehead atoms. The van der Waals surface area contributed by atoms with Crippen LogP contribution in [0, 0.1) is 30.1 Å².